The van der Waals surface area contributed by atoms with Gasteiger partial charge in [-0.3, -0.25) is 9.89 Å². The summed E-state index contributed by atoms with van der Waals surface area (Å²) >= 11 is 0. The number of carbonyl (C=O) groups excluding carboxylic acids is 1. The predicted molar refractivity (Wildman–Crippen MR) is 74.6 cm³/mol. The molecular weight excluding hydrogens is 226 g/mol. The first-order chi connectivity index (χ1) is 8.32. The van der Waals surface area contributed by atoms with Gasteiger partial charge in [-0.2, -0.15) is 5.10 Å². The quantitative estimate of drug-likeness (QED) is 0.786. The second-order valence-electron chi connectivity index (χ2n) is 5.32. The summed E-state index contributed by atoms with van der Waals surface area (Å²) in [4.78, 5) is 12.0. The third-order valence-electron chi connectivity index (χ3n) is 2.97. The highest BCUT2D eigenvalue weighted by atomic mass is 16.1. The molecule has 0 aliphatic carbocycles. The van der Waals surface area contributed by atoms with Gasteiger partial charge in [0.25, 0.3) is 0 Å². The largest absolute Gasteiger partial charge is 0.309 e. The summed E-state index contributed by atoms with van der Waals surface area (Å²) in [5, 5.41) is 10.0. The van der Waals surface area contributed by atoms with Crippen LogP contribution in [0.5, 0.6) is 0 Å². The number of carbonyl (C=O) groups is 1. The number of anilines is 1. The van der Waals surface area contributed by atoms with Crippen LogP contribution in [0.1, 0.15) is 51.3 Å². The van der Waals surface area contributed by atoms with Crippen LogP contribution in [0.25, 0.3) is 0 Å². The first-order valence-corrected chi connectivity index (χ1v) is 6.33. The number of rotatable bonds is 5. The normalized spacial score (nSPS) is 12.6. The van der Waals surface area contributed by atoms with Crippen molar-refractivity contribution in [3.8, 4) is 0 Å². The number of aromatic nitrogens is 2. The van der Waals surface area contributed by atoms with E-state index in [0.29, 0.717) is 18.2 Å². The second-order valence-corrected chi connectivity index (χ2v) is 5.32. The lowest BCUT2D eigenvalue weighted by Gasteiger charge is -2.11. The summed E-state index contributed by atoms with van der Waals surface area (Å²) in [5.74, 6) is 0.914. The minimum atomic E-state index is -0.0823. The summed E-state index contributed by atoms with van der Waals surface area (Å²) in [6.07, 6.45) is 0.701. The molecule has 0 saturated carbocycles. The molecule has 4 nitrogen and oxygen atoms in total. The van der Waals surface area contributed by atoms with Crippen molar-refractivity contribution < 1.29 is 4.79 Å². The molecule has 1 amide bonds. The molecule has 18 heavy (non-hydrogen) atoms. The molecule has 0 saturated heterocycles. The van der Waals surface area contributed by atoms with Crippen LogP contribution in [0.2, 0.25) is 0 Å². The Bertz CT molecular complexity index is 446. The minimum Gasteiger partial charge on any atom is -0.309 e. The van der Waals surface area contributed by atoms with Gasteiger partial charge < -0.3 is 5.32 Å². The fourth-order valence-corrected chi connectivity index (χ4v) is 1.95. The molecule has 100 valence electrons. The molecule has 0 radical (unpaired) electrons. The highest BCUT2D eigenvalue weighted by Gasteiger charge is 2.17. The van der Waals surface area contributed by atoms with Crippen molar-refractivity contribution in [2.75, 3.05) is 5.32 Å². The molecule has 0 spiro atoms. The average molecular weight is 249 g/mol. The molecule has 1 rings (SSSR count). The SMILES string of the molecule is C=C(C)CC(C)C(=O)Nc1n[nH]c(C(C)C)c1C. The monoisotopic (exact) mass is 249 g/mol. The Labute approximate surface area is 109 Å². The zero-order valence-electron chi connectivity index (χ0n) is 11.9. The van der Waals surface area contributed by atoms with Gasteiger partial charge in [-0.25, -0.2) is 0 Å². The molecule has 4 heteroatoms. The van der Waals surface area contributed by atoms with Gasteiger partial charge in [0.1, 0.15) is 0 Å². The number of aromatic amines is 1. The number of nitrogens with zero attached hydrogens (tertiary/aromatic N) is 1. The van der Waals surface area contributed by atoms with E-state index in [1.807, 2.05) is 20.8 Å². The van der Waals surface area contributed by atoms with Crippen molar-refractivity contribution in [2.45, 2.75) is 47.0 Å². The molecule has 0 aromatic carbocycles. The summed E-state index contributed by atoms with van der Waals surface area (Å²) in [5.41, 5.74) is 3.10. The molecule has 0 aliphatic rings. The van der Waals surface area contributed by atoms with E-state index >= 15 is 0 Å². The number of nitrogens with one attached hydrogen (secondary N) is 2. The number of H-pyrrole nitrogens is 1. The molecule has 1 unspecified atom stereocenters. The Hall–Kier alpha value is -1.58. The van der Waals surface area contributed by atoms with Gasteiger partial charge in [-0.1, -0.05) is 26.3 Å². The van der Waals surface area contributed by atoms with Gasteiger partial charge in [-0.15, -0.1) is 6.58 Å². The van der Waals surface area contributed by atoms with Gasteiger partial charge in [0, 0.05) is 17.2 Å². The smallest absolute Gasteiger partial charge is 0.228 e. The van der Waals surface area contributed by atoms with Crippen LogP contribution in [-0.2, 0) is 4.79 Å². The van der Waals surface area contributed by atoms with Crippen molar-refractivity contribution in [1.82, 2.24) is 10.2 Å². The van der Waals surface area contributed by atoms with Crippen LogP contribution in [0, 0.1) is 12.8 Å². The summed E-state index contributed by atoms with van der Waals surface area (Å²) in [6, 6.07) is 0. The van der Waals surface area contributed by atoms with Gasteiger partial charge >= 0.3 is 0 Å². The summed E-state index contributed by atoms with van der Waals surface area (Å²) in [7, 11) is 0. The second kappa shape index (κ2) is 5.85. The highest BCUT2D eigenvalue weighted by molar-refractivity contribution is 5.92. The van der Waals surface area contributed by atoms with Gasteiger partial charge in [0.05, 0.1) is 0 Å². The lowest BCUT2D eigenvalue weighted by atomic mass is 10.0. The first-order valence-electron chi connectivity index (χ1n) is 6.33. The maximum absolute atomic E-state index is 12.0. The molecule has 0 bridgehead atoms. The van der Waals surface area contributed by atoms with E-state index in [-0.39, 0.29) is 11.8 Å². The van der Waals surface area contributed by atoms with Crippen LogP contribution in [0.15, 0.2) is 12.2 Å². The van der Waals surface area contributed by atoms with Crippen molar-refractivity contribution in [3.05, 3.63) is 23.4 Å². The Kier molecular flexibility index (Phi) is 4.70. The molecule has 1 heterocycles. The zero-order chi connectivity index (χ0) is 13.9. The fourth-order valence-electron chi connectivity index (χ4n) is 1.95. The number of hydrogen-bond donors (Lipinski definition) is 2. The first kappa shape index (κ1) is 14.5. The third-order valence-corrected chi connectivity index (χ3v) is 2.97. The maximum Gasteiger partial charge on any atom is 0.228 e. The van der Waals surface area contributed by atoms with E-state index in [4.69, 9.17) is 0 Å². The maximum atomic E-state index is 12.0. The van der Waals surface area contributed by atoms with Crippen LogP contribution in [0.4, 0.5) is 5.82 Å². The highest BCUT2D eigenvalue weighted by Crippen LogP contribution is 2.22. The van der Waals surface area contributed by atoms with Crippen LogP contribution in [-0.4, -0.2) is 16.1 Å². The van der Waals surface area contributed by atoms with E-state index < -0.39 is 0 Å². The Morgan fingerprint density at radius 2 is 2.06 bits per heavy atom. The Balaban J connectivity index is 2.73. The fraction of sp³-hybridized carbons (Fsp3) is 0.571. The Morgan fingerprint density at radius 1 is 1.44 bits per heavy atom. The third kappa shape index (κ3) is 3.45. The van der Waals surface area contributed by atoms with Crippen molar-refractivity contribution >= 4 is 11.7 Å². The van der Waals surface area contributed by atoms with Gasteiger partial charge in [0.2, 0.25) is 5.91 Å². The molecule has 2 N–H and O–H groups in total. The number of amides is 1. The lowest BCUT2D eigenvalue weighted by molar-refractivity contribution is -0.119. The topological polar surface area (TPSA) is 57.8 Å². The van der Waals surface area contributed by atoms with Crippen molar-refractivity contribution in [3.63, 3.8) is 0 Å². The number of hydrogen-bond acceptors (Lipinski definition) is 2. The molecular formula is C14H23N3O. The van der Waals surface area contributed by atoms with E-state index in [0.717, 1.165) is 16.8 Å². The average Bonchev–Trinajstić information content (AvgIpc) is 2.59. The van der Waals surface area contributed by atoms with E-state index in [2.05, 4.69) is 35.9 Å². The van der Waals surface area contributed by atoms with Gasteiger partial charge in [-0.05, 0) is 26.2 Å². The molecule has 1 aromatic rings. The number of allylic oxidation sites excluding steroid dienone is 1. The van der Waals surface area contributed by atoms with Crippen LogP contribution >= 0.6 is 0 Å². The summed E-state index contributed by atoms with van der Waals surface area (Å²) < 4.78 is 0. The van der Waals surface area contributed by atoms with E-state index in [1.54, 1.807) is 0 Å². The zero-order valence-corrected chi connectivity index (χ0v) is 11.9. The van der Waals surface area contributed by atoms with Crippen LogP contribution < -0.4 is 5.32 Å². The molecule has 0 aliphatic heterocycles. The molecule has 1 aromatic heterocycles. The van der Waals surface area contributed by atoms with Gasteiger partial charge in [0.15, 0.2) is 5.82 Å². The molecule has 1 atom stereocenters. The lowest BCUT2D eigenvalue weighted by Crippen LogP contribution is -2.21. The van der Waals surface area contributed by atoms with Crippen molar-refractivity contribution in [1.29, 1.82) is 0 Å². The van der Waals surface area contributed by atoms with E-state index in [9.17, 15) is 4.79 Å². The molecule has 0 fully saturated rings. The Morgan fingerprint density at radius 3 is 2.50 bits per heavy atom. The summed E-state index contributed by atoms with van der Waals surface area (Å²) in [6.45, 7) is 13.8. The van der Waals surface area contributed by atoms with Crippen molar-refractivity contribution in [2.24, 2.45) is 5.92 Å². The predicted octanol–water partition coefficient (Wildman–Crippen LogP) is 3.38. The van der Waals surface area contributed by atoms with E-state index in [1.165, 1.54) is 0 Å². The van der Waals surface area contributed by atoms with Crippen LogP contribution in [0.3, 0.4) is 0 Å². The minimum absolute atomic E-state index is 0.0112. The standard InChI is InChI=1S/C14H23N3O/c1-8(2)7-10(5)14(18)15-13-11(6)12(9(3)4)16-17-13/h9-10H,1,7H2,2-6H3,(H2,15,16,17,18).